The number of hydroxylamine groups is 2. The minimum Gasteiger partial charge on any atom is -0.303 e. The van der Waals surface area contributed by atoms with Crippen molar-refractivity contribution in [1.29, 1.82) is 0 Å². The number of rotatable bonds is 16. The molecule has 0 N–H and O–H groups in total. The highest BCUT2D eigenvalue weighted by molar-refractivity contribution is 5.08. The molecule has 138 valence electrons. The summed E-state index contributed by atoms with van der Waals surface area (Å²) in [5.74, 6) is 0. The highest BCUT2D eigenvalue weighted by atomic mass is 16.7. The second-order valence-electron chi connectivity index (χ2n) is 6.89. The zero-order valence-electron chi connectivity index (χ0n) is 16.0. The molecular formula is C21H38N2O. The summed E-state index contributed by atoms with van der Waals surface area (Å²) < 4.78 is 0. The Kier molecular flexibility index (Phi) is 13.7. The van der Waals surface area contributed by atoms with E-state index in [-0.39, 0.29) is 0 Å². The van der Waals surface area contributed by atoms with E-state index in [4.69, 9.17) is 4.84 Å². The maximum atomic E-state index is 5.11. The molecule has 0 aliphatic carbocycles. The molecule has 0 unspecified atom stereocenters. The third-order valence-corrected chi connectivity index (χ3v) is 4.72. The Morgan fingerprint density at radius 1 is 0.833 bits per heavy atom. The SMILES string of the molecule is CON(C)CCCCCCCCCCCCCCc1cccnc1. The third kappa shape index (κ3) is 12.5. The van der Waals surface area contributed by atoms with Gasteiger partial charge in [-0.3, -0.25) is 4.98 Å². The van der Waals surface area contributed by atoms with Crippen LogP contribution in [-0.2, 0) is 11.3 Å². The lowest BCUT2D eigenvalue weighted by molar-refractivity contribution is -0.109. The summed E-state index contributed by atoms with van der Waals surface area (Å²) in [5, 5.41) is 1.91. The van der Waals surface area contributed by atoms with Crippen molar-refractivity contribution in [2.75, 3.05) is 20.7 Å². The number of nitrogens with zero attached hydrogens (tertiary/aromatic N) is 2. The first-order valence-electron chi connectivity index (χ1n) is 9.97. The molecule has 3 nitrogen and oxygen atoms in total. The van der Waals surface area contributed by atoms with Gasteiger partial charge in [-0.1, -0.05) is 70.3 Å². The molecule has 1 aromatic heterocycles. The van der Waals surface area contributed by atoms with Crippen molar-refractivity contribution in [3.63, 3.8) is 0 Å². The predicted octanol–water partition coefficient (Wildman–Crippen LogP) is 5.80. The third-order valence-electron chi connectivity index (χ3n) is 4.72. The molecule has 0 radical (unpaired) electrons. The zero-order chi connectivity index (χ0) is 17.3. The van der Waals surface area contributed by atoms with Gasteiger partial charge in [0, 0.05) is 26.0 Å². The van der Waals surface area contributed by atoms with Crippen molar-refractivity contribution in [3.8, 4) is 0 Å². The van der Waals surface area contributed by atoms with Gasteiger partial charge in [-0.2, -0.15) is 5.06 Å². The fraction of sp³-hybridized carbons (Fsp3) is 0.762. The Hall–Kier alpha value is -0.930. The van der Waals surface area contributed by atoms with E-state index in [0.717, 1.165) is 6.54 Å². The Labute approximate surface area is 149 Å². The van der Waals surface area contributed by atoms with Crippen LogP contribution in [0.25, 0.3) is 0 Å². The van der Waals surface area contributed by atoms with Crippen LogP contribution in [0.5, 0.6) is 0 Å². The predicted molar refractivity (Wildman–Crippen MR) is 103 cm³/mol. The van der Waals surface area contributed by atoms with E-state index in [1.54, 1.807) is 7.11 Å². The van der Waals surface area contributed by atoms with Crippen LogP contribution in [0.1, 0.15) is 82.6 Å². The first-order valence-corrected chi connectivity index (χ1v) is 9.97. The Bertz CT molecular complexity index is 369. The van der Waals surface area contributed by atoms with E-state index < -0.39 is 0 Å². The lowest BCUT2D eigenvalue weighted by Gasteiger charge is -2.12. The van der Waals surface area contributed by atoms with Gasteiger partial charge in [0.2, 0.25) is 0 Å². The molecule has 0 aliphatic rings. The van der Waals surface area contributed by atoms with Gasteiger partial charge in [0.05, 0.1) is 7.11 Å². The zero-order valence-corrected chi connectivity index (χ0v) is 16.0. The summed E-state index contributed by atoms with van der Waals surface area (Å²) in [6, 6.07) is 4.22. The highest BCUT2D eigenvalue weighted by Crippen LogP contribution is 2.13. The molecule has 0 saturated heterocycles. The maximum Gasteiger partial charge on any atom is 0.0575 e. The minimum atomic E-state index is 1.05. The Morgan fingerprint density at radius 3 is 1.88 bits per heavy atom. The molecule has 0 bridgehead atoms. The monoisotopic (exact) mass is 334 g/mol. The van der Waals surface area contributed by atoms with Crippen LogP contribution in [0, 0.1) is 0 Å². The van der Waals surface area contributed by atoms with Crippen LogP contribution >= 0.6 is 0 Å². The van der Waals surface area contributed by atoms with Gasteiger partial charge in [-0.15, -0.1) is 0 Å². The van der Waals surface area contributed by atoms with Gasteiger partial charge in [0.25, 0.3) is 0 Å². The highest BCUT2D eigenvalue weighted by Gasteiger charge is 1.97. The van der Waals surface area contributed by atoms with Crippen molar-refractivity contribution in [1.82, 2.24) is 10.0 Å². The molecular weight excluding hydrogens is 296 g/mol. The molecule has 1 heterocycles. The van der Waals surface area contributed by atoms with Gasteiger partial charge in [0.1, 0.15) is 0 Å². The molecule has 1 aromatic rings. The number of pyridine rings is 1. The lowest BCUT2D eigenvalue weighted by Crippen LogP contribution is -2.17. The molecule has 0 amide bonds. The van der Waals surface area contributed by atoms with E-state index in [9.17, 15) is 0 Å². The van der Waals surface area contributed by atoms with Crippen molar-refractivity contribution in [2.45, 2.75) is 83.5 Å². The fourth-order valence-corrected chi connectivity index (χ4v) is 3.07. The van der Waals surface area contributed by atoms with Crippen LogP contribution in [0.3, 0.4) is 0 Å². The van der Waals surface area contributed by atoms with Crippen LogP contribution < -0.4 is 0 Å². The Morgan fingerprint density at radius 2 is 1.38 bits per heavy atom. The number of hydrogen-bond acceptors (Lipinski definition) is 3. The molecule has 0 saturated carbocycles. The average Bonchev–Trinajstić information content (AvgIpc) is 2.62. The summed E-state index contributed by atoms with van der Waals surface area (Å²) in [6.07, 6.45) is 21.6. The van der Waals surface area contributed by atoms with Gasteiger partial charge in [-0.05, 0) is 30.9 Å². The number of unbranched alkanes of at least 4 members (excludes halogenated alkanes) is 11. The normalized spacial score (nSPS) is 11.3. The van der Waals surface area contributed by atoms with Crippen LogP contribution in [0.15, 0.2) is 24.5 Å². The van der Waals surface area contributed by atoms with Gasteiger partial charge in [-0.25, -0.2) is 0 Å². The summed E-state index contributed by atoms with van der Waals surface area (Å²) in [5.41, 5.74) is 1.38. The average molecular weight is 335 g/mol. The molecule has 1 rings (SSSR count). The van der Waals surface area contributed by atoms with Crippen molar-refractivity contribution >= 4 is 0 Å². The fourth-order valence-electron chi connectivity index (χ4n) is 3.07. The van der Waals surface area contributed by atoms with E-state index >= 15 is 0 Å². The van der Waals surface area contributed by atoms with Gasteiger partial charge >= 0.3 is 0 Å². The standard InChI is InChI=1S/C21H38N2O/c1-23(24-2)19-14-12-10-8-6-4-3-5-7-9-11-13-16-21-17-15-18-22-20-21/h15,17-18,20H,3-14,16,19H2,1-2H3. The van der Waals surface area contributed by atoms with E-state index in [1.807, 2.05) is 30.6 Å². The molecule has 0 aromatic carbocycles. The first kappa shape index (κ1) is 21.1. The first-order chi connectivity index (χ1) is 11.8. The molecule has 0 spiro atoms. The topological polar surface area (TPSA) is 25.4 Å². The van der Waals surface area contributed by atoms with Crippen LogP contribution in [-0.4, -0.2) is 30.7 Å². The van der Waals surface area contributed by atoms with Crippen molar-refractivity contribution < 1.29 is 4.84 Å². The van der Waals surface area contributed by atoms with Crippen molar-refractivity contribution in [3.05, 3.63) is 30.1 Å². The van der Waals surface area contributed by atoms with Crippen molar-refractivity contribution in [2.24, 2.45) is 0 Å². The smallest absolute Gasteiger partial charge is 0.0575 e. The van der Waals surface area contributed by atoms with Gasteiger partial charge in [0.15, 0.2) is 0 Å². The molecule has 0 atom stereocenters. The summed E-state index contributed by atoms with van der Waals surface area (Å²) in [7, 11) is 3.74. The molecule has 24 heavy (non-hydrogen) atoms. The minimum absolute atomic E-state index is 1.05. The van der Waals surface area contributed by atoms with E-state index in [2.05, 4.69) is 11.1 Å². The van der Waals surface area contributed by atoms with Crippen LogP contribution in [0.4, 0.5) is 0 Å². The molecule has 0 fully saturated rings. The van der Waals surface area contributed by atoms with E-state index in [1.165, 1.54) is 89.0 Å². The van der Waals surface area contributed by atoms with E-state index in [0.29, 0.717) is 0 Å². The number of aryl methyl sites for hydroxylation is 1. The van der Waals surface area contributed by atoms with Gasteiger partial charge < -0.3 is 4.84 Å². The quantitative estimate of drug-likeness (QED) is 0.282. The summed E-state index contributed by atoms with van der Waals surface area (Å²) in [4.78, 5) is 9.28. The largest absolute Gasteiger partial charge is 0.303 e. The number of aromatic nitrogens is 1. The number of hydrogen-bond donors (Lipinski definition) is 0. The lowest BCUT2D eigenvalue weighted by atomic mass is 10.0. The van der Waals surface area contributed by atoms with Crippen LogP contribution in [0.2, 0.25) is 0 Å². The summed E-state index contributed by atoms with van der Waals surface area (Å²) in [6.45, 7) is 1.05. The molecule has 0 aliphatic heterocycles. The second-order valence-corrected chi connectivity index (χ2v) is 6.89. The maximum absolute atomic E-state index is 5.11. The summed E-state index contributed by atoms with van der Waals surface area (Å²) >= 11 is 0. The second kappa shape index (κ2) is 15.6. The Balaban J connectivity index is 1.73. The molecule has 3 heteroatoms.